The summed E-state index contributed by atoms with van der Waals surface area (Å²) in [6.07, 6.45) is 0.486. The number of nitrogens with two attached hydrogens (primary N) is 1. The van der Waals surface area contributed by atoms with Gasteiger partial charge in [-0.2, -0.15) is 0 Å². The molecule has 2 heterocycles. The van der Waals surface area contributed by atoms with Crippen LogP contribution in [0.5, 0.6) is 5.75 Å². The van der Waals surface area contributed by atoms with Crippen molar-refractivity contribution >= 4 is 23.3 Å². The van der Waals surface area contributed by atoms with Crippen LogP contribution in [0.4, 0.5) is 11.6 Å². The van der Waals surface area contributed by atoms with Gasteiger partial charge in [0.2, 0.25) is 5.95 Å². The molecule has 0 saturated heterocycles. The Labute approximate surface area is 137 Å². The van der Waals surface area contributed by atoms with Crippen LogP contribution in [0, 0.1) is 0 Å². The van der Waals surface area contributed by atoms with E-state index in [0.717, 1.165) is 11.3 Å². The largest absolute Gasteiger partial charge is 0.494 e. The Morgan fingerprint density at radius 2 is 2.21 bits per heavy atom. The number of rotatable bonds is 5. The summed E-state index contributed by atoms with van der Waals surface area (Å²) in [5, 5.41) is 1.81. The van der Waals surface area contributed by atoms with E-state index in [-0.39, 0.29) is 11.5 Å². The van der Waals surface area contributed by atoms with Crippen molar-refractivity contribution in [2.24, 2.45) is 0 Å². The number of anilines is 2. The molecule has 0 bridgehead atoms. The molecule has 3 rings (SSSR count). The van der Waals surface area contributed by atoms with Gasteiger partial charge in [-0.15, -0.1) is 0 Å². The van der Waals surface area contributed by atoms with Gasteiger partial charge >= 0.3 is 0 Å². The van der Waals surface area contributed by atoms with E-state index in [0.29, 0.717) is 36.7 Å². The number of ether oxygens (including phenoxy) is 1. The van der Waals surface area contributed by atoms with Crippen molar-refractivity contribution in [1.82, 2.24) is 15.4 Å². The highest BCUT2D eigenvalue weighted by Gasteiger charge is 2.24. The standard InChI is InChI=1S/C16H17N5O3/c1-2-24-11-3-4-14-12(8-11)13(9-22)20-21(14)6-5-10-7-15(23)19-16(17)18-10/h3-4,7-8,20H,2,5-6H2,1H3,(H3,17,18,19,23). The molecule has 1 aromatic carbocycles. The van der Waals surface area contributed by atoms with E-state index >= 15 is 0 Å². The molecule has 4 N–H and O–H groups in total. The summed E-state index contributed by atoms with van der Waals surface area (Å²) in [5.41, 5.74) is 10.8. The normalized spacial score (nSPS) is 12.5. The van der Waals surface area contributed by atoms with Crippen molar-refractivity contribution in [1.29, 1.82) is 0 Å². The first-order valence-electron chi connectivity index (χ1n) is 7.53. The van der Waals surface area contributed by atoms with Crippen LogP contribution in [0.3, 0.4) is 0 Å². The van der Waals surface area contributed by atoms with Gasteiger partial charge in [0.05, 0.1) is 18.0 Å². The number of fused-ring (bicyclic) bond motifs is 1. The van der Waals surface area contributed by atoms with Crippen LogP contribution >= 0.6 is 0 Å². The summed E-state index contributed by atoms with van der Waals surface area (Å²) >= 11 is 0. The van der Waals surface area contributed by atoms with Crippen LogP contribution in [0.2, 0.25) is 0 Å². The smallest absolute Gasteiger partial charge is 0.252 e. The van der Waals surface area contributed by atoms with E-state index in [1.54, 1.807) is 6.07 Å². The lowest BCUT2D eigenvalue weighted by Crippen LogP contribution is -2.34. The molecule has 1 aliphatic heterocycles. The van der Waals surface area contributed by atoms with Gasteiger partial charge in [-0.05, 0) is 25.1 Å². The third kappa shape index (κ3) is 3.09. The number of hydrogen-bond acceptors (Lipinski definition) is 7. The van der Waals surface area contributed by atoms with Crippen LogP contribution in [-0.4, -0.2) is 29.1 Å². The van der Waals surface area contributed by atoms with E-state index in [1.165, 1.54) is 6.07 Å². The Bertz CT molecular complexity index is 870. The summed E-state index contributed by atoms with van der Waals surface area (Å²) in [4.78, 5) is 29.1. The van der Waals surface area contributed by atoms with Crippen LogP contribution < -0.4 is 26.5 Å². The highest BCUT2D eigenvalue weighted by atomic mass is 16.5. The summed E-state index contributed by atoms with van der Waals surface area (Å²) in [5.74, 6) is 2.68. The first-order chi connectivity index (χ1) is 11.6. The molecule has 0 radical (unpaired) electrons. The molecule has 0 atom stereocenters. The number of hydrogen-bond donors (Lipinski definition) is 3. The monoisotopic (exact) mass is 327 g/mol. The lowest BCUT2D eigenvalue weighted by Gasteiger charge is -2.19. The first-order valence-corrected chi connectivity index (χ1v) is 7.53. The molecular formula is C16H17N5O3. The molecule has 0 aliphatic carbocycles. The predicted octanol–water partition coefficient (Wildman–Crippen LogP) is 0.491. The number of nitrogens with zero attached hydrogens (tertiary/aromatic N) is 2. The molecule has 0 fully saturated rings. The molecule has 8 heteroatoms. The molecule has 0 unspecified atom stereocenters. The SMILES string of the molecule is CCOc1ccc2c(c1)C(=C=O)NN2CCc1cc(=O)[nH]c(N)n1. The van der Waals surface area contributed by atoms with Crippen molar-refractivity contribution in [3.63, 3.8) is 0 Å². The Balaban J connectivity index is 1.81. The molecule has 24 heavy (non-hydrogen) atoms. The highest BCUT2D eigenvalue weighted by molar-refractivity contribution is 5.95. The lowest BCUT2D eigenvalue weighted by atomic mass is 10.1. The zero-order valence-electron chi connectivity index (χ0n) is 13.1. The highest BCUT2D eigenvalue weighted by Crippen LogP contribution is 2.33. The third-order valence-corrected chi connectivity index (χ3v) is 3.59. The zero-order chi connectivity index (χ0) is 17.1. The van der Waals surface area contributed by atoms with Gasteiger partial charge < -0.3 is 10.5 Å². The van der Waals surface area contributed by atoms with Gasteiger partial charge in [-0.1, -0.05) is 0 Å². The molecule has 0 amide bonds. The lowest BCUT2D eigenvalue weighted by molar-refractivity contribution is 0.340. The molecule has 0 saturated carbocycles. The number of aromatic nitrogens is 2. The van der Waals surface area contributed by atoms with Gasteiger partial charge in [0.25, 0.3) is 5.56 Å². The molecule has 1 aromatic heterocycles. The summed E-state index contributed by atoms with van der Waals surface area (Å²) in [6.45, 7) is 2.95. The number of nitrogen functional groups attached to an aromatic ring is 1. The van der Waals surface area contributed by atoms with Gasteiger partial charge in [0.1, 0.15) is 11.4 Å². The van der Waals surface area contributed by atoms with Crippen LogP contribution in [0.25, 0.3) is 5.70 Å². The molecule has 0 spiro atoms. The van der Waals surface area contributed by atoms with Crippen molar-refractivity contribution in [3.8, 4) is 5.75 Å². The number of nitrogens with one attached hydrogen (secondary N) is 2. The second kappa shape index (κ2) is 6.47. The minimum Gasteiger partial charge on any atom is -0.494 e. The predicted molar refractivity (Wildman–Crippen MR) is 90.2 cm³/mol. The van der Waals surface area contributed by atoms with Crippen molar-refractivity contribution in [2.45, 2.75) is 13.3 Å². The summed E-state index contributed by atoms with van der Waals surface area (Å²) in [6, 6.07) is 6.92. The fraction of sp³-hybridized carbons (Fsp3) is 0.250. The van der Waals surface area contributed by atoms with Crippen molar-refractivity contribution in [3.05, 3.63) is 45.9 Å². The van der Waals surface area contributed by atoms with Crippen molar-refractivity contribution in [2.75, 3.05) is 23.9 Å². The fourth-order valence-corrected chi connectivity index (χ4v) is 2.60. The number of carbonyl (C=O) groups excluding carboxylic acids is 1. The average Bonchev–Trinajstić information content (AvgIpc) is 2.90. The Kier molecular flexibility index (Phi) is 4.22. The fourth-order valence-electron chi connectivity index (χ4n) is 2.60. The van der Waals surface area contributed by atoms with Gasteiger partial charge in [-0.3, -0.25) is 20.2 Å². The van der Waals surface area contributed by atoms with Crippen molar-refractivity contribution < 1.29 is 9.53 Å². The van der Waals surface area contributed by atoms with Crippen LogP contribution in [0.15, 0.2) is 29.1 Å². The van der Waals surface area contributed by atoms with Crippen LogP contribution in [-0.2, 0) is 11.2 Å². The molecular weight excluding hydrogens is 310 g/mol. The van der Waals surface area contributed by atoms with E-state index in [2.05, 4.69) is 15.4 Å². The van der Waals surface area contributed by atoms with E-state index < -0.39 is 0 Å². The van der Waals surface area contributed by atoms with Crippen LogP contribution in [0.1, 0.15) is 18.2 Å². The van der Waals surface area contributed by atoms with E-state index in [4.69, 9.17) is 10.5 Å². The number of benzene rings is 1. The average molecular weight is 327 g/mol. The quantitative estimate of drug-likeness (QED) is 0.685. The minimum absolute atomic E-state index is 0.0853. The van der Waals surface area contributed by atoms with E-state index in [9.17, 15) is 9.59 Å². The Morgan fingerprint density at radius 3 is 2.92 bits per heavy atom. The number of hydrazine groups is 1. The maximum Gasteiger partial charge on any atom is 0.252 e. The van der Waals surface area contributed by atoms with Gasteiger partial charge in [0.15, 0.2) is 5.94 Å². The second-order valence-electron chi connectivity index (χ2n) is 5.22. The summed E-state index contributed by atoms with van der Waals surface area (Å²) < 4.78 is 5.46. The Hall–Kier alpha value is -3.25. The van der Waals surface area contributed by atoms with Gasteiger partial charge in [0, 0.05) is 24.6 Å². The second-order valence-corrected chi connectivity index (χ2v) is 5.22. The summed E-state index contributed by atoms with van der Waals surface area (Å²) in [7, 11) is 0. The molecule has 2 aromatic rings. The number of H-pyrrole nitrogens is 1. The number of aromatic amines is 1. The minimum atomic E-state index is -0.290. The zero-order valence-corrected chi connectivity index (χ0v) is 13.1. The maximum absolute atomic E-state index is 11.4. The molecule has 124 valence electrons. The first kappa shape index (κ1) is 15.6. The maximum atomic E-state index is 11.4. The third-order valence-electron chi connectivity index (χ3n) is 3.59. The van der Waals surface area contributed by atoms with Gasteiger partial charge in [-0.25, -0.2) is 9.78 Å². The molecule has 8 nitrogen and oxygen atoms in total. The van der Waals surface area contributed by atoms with E-state index in [1.807, 2.05) is 30.0 Å². The Morgan fingerprint density at radius 1 is 1.38 bits per heavy atom. The molecule has 1 aliphatic rings. The topological polar surface area (TPSA) is 113 Å².